The van der Waals surface area contributed by atoms with Crippen LogP contribution in [0.25, 0.3) is 0 Å². The Hall–Kier alpha value is -1.40. The normalized spacial score (nSPS) is 23.1. The quantitative estimate of drug-likeness (QED) is 0.892. The Labute approximate surface area is 128 Å². The molecule has 1 N–H and O–H groups in total. The van der Waals surface area contributed by atoms with E-state index in [4.69, 9.17) is 0 Å². The smallest absolute Gasteiger partial charge is 0.254 e. The van der Waals surface area contributed by atoms with Crippen LogP contribution in [0, 0.1) is 0 Å². The van der Waals surface area contributed by atoms with Gasteiger partial charge in [-0.15, -0.1) is 0 Å². The second-order valence-electron chi connectivity index (χ2n) is 5.63. The lowest BCUT2D eigenvalue weighted by Gasteiger charge is -2.37. The van der Waals surface area contributed by atoms with Crippen LogP contribution >= 0.6 is 11.3 Å². The number of hydrogen-bond donors (Lipinski definition) is 1. The standard InChI is InChI=1S/C15H21N3O2S/c19-14(12-4-10-21-11-12)17-6-8-18(9-7-17)15(20)13-3-1-2-5-16-13/h4,10-11,13,16H,1-3,5-9H2. The monoisotopic (exact) mass is 307 g/mol. The van der Waals surface area contributed by atoms with E-state index in [9.17, 15) is 9.59 Å². The van der Waals surface area contributed by atoms with Crippen LogP contribution in [0.2, 0.25) is 0 Å². The summed E-state index contributed by atoms with van der Waals surface area (Å²) < 4.78 is 0. The van der Waals surface area contributed by atoms with Gasteiger partial charge in [0, 0.05) is 31.6 Å². The zero-order valence-electron chi connectivity index (χ0n) is 12.1. The van der Waals surface area contributed by atoms with E-state index >= 15 is 0 Å². The zero-order chi connectivity index (χ0) is 14.7. The van der Waals surface area contributed by atoms with E-state index in [1.165, 1.54) is 11.3 Å². The third kappa shape index (κ3) is 3.27. The molecular weight excluding hydrogens is 286 g/mol. The fourth-order valence-corrected chi connectivity index (χ4v) is 3.61. The van der Waals surface area contributed by atoms with Gasteiger partial charge in [0.2, 0.25) is 5.91 Å². The number of carbonyl (C=O) groups excluding carboxylic acids is 2. The number of rotatable bonds is 2. The molecule has 1 atom stereocenters. The summed E-state index contributed by atoms with van der Waals surface area (Å²) in [5.41, 5.74) is 0.758. The van der Waals surface area contributed by atoms with Gasteiger partial charge in [0.25, 0.3) is 5.91 Å². The molecule has 21 heavy (non-hydrogen) atoms. The molecule has 2 aliphatic heterocycles. The van der Waals surface area contributed by atoms with E-state index in [0.717, 1.165) is 31.4 Å². The molecular formula is C15H21N3O2S. The maximum atomic E-state index is 12.4. The summed E-state index contributed by atoms with van der Waals surface area (Å²) in [7, 11) is 0. The molecule has 1 aromatic heterocycles. The van der Waals surface area contributed by atoms with Crippen molar-refractivity contribution in [2.75, 3.05) is 32.7 Å². The zero-order valence-corrected chi connectivity index (χ0v) is 12.9. The van der Waals surface area contributed by atoms with Gasteiger partial charge in [0.15, 0.2) is 0 Å². The maximum Gasteiger partial charge on any atom is 0.254 e. The molecule has 0 spiro atoms. The topological polar surface area (TPSA) is 52.7 Å². The minimum Gasteiger partial charge on any atom is -0.338 e. The molecule has 2 fully saturated rings. The summed E-state index contributed by atoms with van der Waals surface area (Å²) in [4.78, 5) is 28.4. The maximum absolute atomic E-state index is 12.4. The van der Waals surface area contributed by atoms with Gasteiger partial charge in [0.05, 0.1) is 11.6 Å². The molecule has 6 heteroatoms. The molecule has 3 heterocycles. The number of piperidine rings is 1. The fourth-order valence-electron chi connectivity index (χ4n) is 2.98. The third-order valence-electron chi connectivity index (χ3n) is 4.26. The van der Waals surface area contributed by atoms with E-state index in [1.54, 1.807) is 0 Å². The van der Waals surface area contributed by atoms with Crippen molar-refractivity contribution in [3.05, 3.63) is 22.4 Å². The lowest BCUT2D eigenvalue weighted by molar-refractivity contribution is -0.135. The lowest BCUT2D eigenvalue weighted by atomic mass is 10.0. The minimum atomic E-state index is -0.0159. The van der Waals surface area contributed by atoms with Gasteiger partial charge < -0.3 is 15.1 Å². The highest BCUT2D eigenvalue weighted by atomic mass is 32.1. The van der Waals surface area contributed by atoms with Crippen LogP contribution in [0.4, 0.5) is 0 Å². The first kappa shape index (κ1) is 14.5. The molecule has 0 radical (unpaired) electrons. The average molecular weight is 307 g/mol. The van der Waals surface area contributed by atoms with Gasteiger partial charge >= 0.3 is 0 Å². The number of nitrogens with one attached hydrogen (secondary N) is 1. The summed E-state index contributed by atoms with van der Waals surface area (Å²) in [5, 5.41) is 7.10. The number of piperazine rings is 1. The number of amides is 2. The number of thiophene rings is 1. The third-order valence-corrected chi connectivity index (χ3v) is 4.94. The van der Waals surface area contributed by atoms with E-state index in [-0.39, 0.29) is 17.9 Å². The molecule has 0 aliphatic carbocycles. The van der Waals surface area contributed by atoms with Crippen LogP contribution in [0.5, 0.6) is 0 Å². The van der Waals surface area contributed by atoms with Gasteiger partial charge in [-0.3, -0.25) is 9.59 Å². The summed E-state index contributed by atoms with van der Waals surface area (Å²) >= 11 is 1.54. The van der Waals surface area contributed by atoms with Crippen molar-refractivity contribution in [1.29, 1.82) is 0 Å². The Morgan fingerprint density at radius 2 is 1.90 bits per heavy atom. The Morgan fingerprint density at radius 3 is 2.52 bits per heavy atom. The molecule has 1 aromatic rings. The largest absolute Gasteiger partial charge is 0.338 e. The molecule has 0 aromatic carbocycles. The van der Waals surface area contributed by atoms with Crippen LogP contribution in [-0.4, -0.2) is 60.4 Å². The Morgan fingerprint density at radius 1 is 1.14 bits per heavy atom. The first-order chi connectivity index (χ1) is 10.3. The van der Waals surface area contributed by atoms with Crippen molar-refractivity contribution >= 4 is 23.2 Å². The summed E-state index contributed by atoms with van der Waals surface area (Å²) in [6.07, 6.45) is 3.22. The van der Waals surface area contributed by atoms with Crippen molar-refractivity contribution in [2.24, 2.45) is 0 Å². The molecule has 3 rings (SSSR count). The predicted molar refractivity (Wildman–Crippen MR) is 82.4 cm³/mol. The highest BCUT2D eigenvalue weighted by Crippen LogP contribution is 2.14. The van der Waals surface area contributed by atoms with Crippen LogP contribution in [0.15, 0.2) is 16.8 Å². The number of nitrogens with zero attached hydrogens (tertiary/aromatic N) is 2. The number of hydrogen-bond acceptors (Lipinski definition) is 4. The summed E-state index contributed by atoms with van der Waals surface area (Å²) in [6, 6.07) is 1.84. The second kappa shape index (κ2) is 6.58. The molecule has 1 unspecified atom stereocenters. The van der Waals surface area contributed by atoms with E-state index < -0.39 is 0 Å². The predicted octanol–water partition coefficient (Wildman–Crippen LogP) is 1.17. The number of carbonyl (C=O) groups is 2. The first-order valence-electron chi connectivity index (χ1n) is 7.59. The van der Waals surface area contributed by atoms with Gasteiger partial charge in [-0.25, -0.2) is 0 Å². The van der Waals surface area contributed by atoms with Crippen LogP contribution < -0.4 is 5.32 Å². The molecule has 0 saturated carbocycles. The molecule has 2 saturated heterocycles. The van der Waals surface area contributed by atoms with Gasteiger partial charge in [-0.2, -0.15) is 11.3 Å². The molecule has 0 bridgehead atoms. The van der Waals surface area contributed by atoms with Crippen molar-refractivity contribution in [3.63, 3.8) is 0 Å². The second-order valence-corrected chi connectivity index (χ2v) is 6.41. The van der Waals surface area contributed by atoms with Crippen LogP contribution in [0.3, 0.4) is 0 Å². The van der Waals surface area contributed by atoms with Gasteiger partial charge in [-0.05, 0) is 30.8 Å². The van der Waals surface area contributed by atoms with E-state index in [1.807, 2.05) is 26.6 Å². The van der Waals surface area contributed by atoms with Crippen LogP contribution in [0.1, 0.15) is 29.6 Å². The molecule has 2 aliphatic rings. The lowest BCUT2D eigenvalue weighted by Crippen LogP contribution is -2.55. The van der Waals surface area contributed by atoms with Crippen molar-refractivity contribution in [3.8, 4) is 0 Å². The minimum absolute atomic E-state index is 0.0159. The van der Waals surface area contributed by atoms with Crippen molar-refractivity contribution in [2.45, 2.75) is 25.3 Å². The van der Waals surface area contributed by atoms with Gasteiger partial charge in [0.1, 0.15) is 0 Å². The average Bonchev–Trinajstić information content (AvgIpc) is 3.09. The first-order valence-corrected chi connectivity index (χ1v) is 8.53. The van der Waals surface area contributed by atoms with E-state index in [0.29, 0.717) is 26.2 Å². The van der Waals surface area contributed by atoms with E-state index in [2.05, 4.69) is 5.32 Å². The molecule has 2 amide bonds. The highest BCUT2D eigenvalue weighted by Gasteiger charge is 2.29. The molecule has 114 valence electrons. The summed E-state index contributed by atoms with van der Waals surface area (Å²) in [6.45, 7) is 3.49. The Bertz CT molecular complexity index is 489. The van der Waals surface area contributed by atoms with Crippen LogP contribution in [-0.2, 0) is 4.79 Å². The fraction of sp³-hybridized carbons (Fsp3) is 0.600. The van der Waals surface area contributed by atoms with Crippen molar-refractivity contribution in [1.82, 2.24) is 15.1 Å². The van der Waals surface area contributed by atoms with Crippen molar-refractivity contribution < 1.29 is 9.59 Å². The van der Waals surface area contributed by atoms with Gasteiger partial charge in [-0.1, -0.05) is 6.42 Å². The Balaban J connectivity index is 1.52. The Kier molecular flexibility index (Phi) is 4.55. The molecule has 5 nitrogen and oxygen atoms in total. The SMILES string of the molecule is O=C(c1ccsc1)N1CCN(C(=O)C2CCCCN2)CC1. The summed E-state index contributed by atoms with van der Waals surface area (Å²) in [5.74, 6) is 0.288. The highest BCUT2D eigenvalue weighted by molar-refractivity contribution is 7.08.